The number of hydrogen-bond donors (Lipinski definition) is 0. The minimum atomic E-state index is 1.19. The Labute approximate surface area is 837 Å². The fourth-order valence-electron chi connectivity index (χ4n) is 18.8. The Morgan fingerprint density at radius 3 is 0.660 bits per heavy atom. The minimum absolute atomic E-state index is 1.19. The molecule has 5 nitrogen and oxygen atoms in total. The summed E-state index contributed by atoms with van der Waals surface area (Å²) in [6.45, 7) is 40.0. The van der Waals surface area contributed by atoms with E-state index in [9.17, 15) is 0 Å². The highest BCUT2D eigenvalue weighted by Gasteiger charge is 2.21. The molecule has 0 aliphatic heterocycles. The number of fused-ring (bicyclic) bond motifs is 21. The summed E-state index contributed by atoms with van der Waals surface area (Å²) in [7, 11) is 0. The molecule has 0 saturated carbocycles. The second-order valence-electron chi connectivity index (χ2n) is 30.9. The van der Waals surface area contributed by atoms with E-state index in [1.807, 2.05) is 138 Å². The van der Waals surface area contributed by atoms with Gasteiger partial charge in [-0.3, -0.25) is 0 Å². The first kappa shape index (κ1) is 104. The summed E-state index contributed by atoms with van der Waals surface area (Å²) in [5.41, 5.74) is 21.1. The van der Waals surface area contributed by atoms with Gasteiger partial charge in [0.25, 0.3) is 0 Å². The lowest BCUT2D eigenvalue weighted by atomic mass is 10.00. The van der Waals surface area contributed by atoms with Crippen molar-refractivity contribution in [1.82, 2.24) is 22.8 Å². The molecule has 0 bridgehead atoms. The Balaban J connectivity index is 0.000000151. The molecule has 141 heavy (non-hydrogen) atoms. The predicted molar refractivity (Wildman–Crippen MR) is 630 cm³/mol. The van der Waals surface area contributed by atoms with Crippen LogP contribution in [0.2, 0.25) is 0 Å². The average molecular weight is 1840 g/mol. The highest BCUT2D eigenvalue weighted by molar-refractivity contribution is 6.18. The highest BCUT2D eigenvalue weighted by atomic mass is 15.0. The molecule has 0 N–H and O–H groups in total. The van der Waals surface area contributed by atoms with E-state index < -0.39 is 0 Å². The van der Waals surface area contributed by atoms with E-state index in [0.29, 0.717) is 0 Å². The molecule has 0 unspecified atom stereocenters. The molecule has 0 fully saturated rings. The lowest BCUT2D eigenvalue weighted by Crippen LogP contribution is -1.97. The van der Waals surface area contributed by atoms with Crippen LogP contribution in [0.25, 0.3) is 202 Å². The molecule has 0 aliphatic carbocycles. The average Bonchev–Trinajstić information content (AvgIpc) is 1.50. The van der Waals surface area contributed by atoms with Crippen molar-refractivity contribution < 1.29 is 0 Å². The van der Waals surface area contributed by atoms with Crippen molar-refractivity contribution in [2.24, 2.45) is 0 Å². The summed E-state index contributed by atoms with van der Waals surface area (Å²) < 4.78 is 11.9. The maximum atomic E-state index is 2.44. The fourth-order valence-corrected chi connectivity index (χ4v) is 18.8. The number of benzene rings is 21. The van der Waals surface area contributed by atoms with Gasteiger partial charge < -0.3 is 22.8 Å². The number of rotatable bonds is 6. The van der Waals surface area contributed by atoms with Gasteiger partial charge >= 0.3 is 0 Å². The predicted octanol–water partition coefficient (Wildman–Crippen LogP) is 41.6. The van der Waals surface area contributed by atoms with Gasteiger partial charge in [0.05, 0.1) is 72.2 Å². The summed E-state index contributed by atoms with van der Waals surface area (Å²) in [6.07, 6.45) is 0. The molecule has 5 heterocycles. The van der Waals surface area contributed by atoms with Crippen molar-refractivity contribution in [3.05, 3.63) is 479 Å². The number of hydrogen-bond acceptors (Lipinski definition) is 0. The Morgan fingerprint density at radius 1 is 0.113 bits per heavy atom. The van der Waals surface area contributed by atoms with E-state index in [2.05, 4.69) is 502 Å². The van der Waals surface area contributed by atoms with Crippen LogP contribution in [-0.2, 0) is 0 Å². The van der Waals surface area contributed by atoms with Crippen LogP contribution in [0.5, 0.6) is 0 Å². The molecule has 21 aromatic carbocycles. The van der Waals surface area contributed by atoms with Crippen LogP contribution in [0, 0.1) is 0 Å². The van der Waals surface area contributed by atoms with Gasteiger partial charge in [-0.1, -0.05) is 515 Å². The Hall–Kier alpha value is -16.1. The van der Waals surface area contributed by atoms with Gasteiger partial charge in [-0.15, -0.1) is 0 Å². The van der Waals surface area contributed by atoms with Crippen LogP contribution in [0.4, 0.5) is 0 Å². The van der Waals surface area contributed by atoms with Gasteiger partial charge in [0, 0.05) is 86.8 Å². The zero-order valence-corrected chi connectivity index (χ0v) is 86.3. The van der Waals surface area contributed by atoms with Crippen LogP contribution in [0.15, 0.2) is 479 Å². The summed E-state index contributed by atoms with van der Waals surface area (Å²) in [4.78, 5) is 0. The number of nitrogens with zero attached hydrogens (tertiary/aromatic N) is 5. The van der Waals surface area contributed by atoms with Gasteiger partial charge in [-0.05, 0) is 147 Å². The SMILES string of the molecule is CC.CC.CC.CC.CC.CC.CC.CC.CC.CC.c1ccc(-c2ccc(-n3c4ccccc4c4ccccc43)cc2)cc1.c1ccc(-n2c3ccccc3c3ccccc32)cc1.c1ccc2c(-n3c4ccccc4c4ccccc43)c3ccccc3cc2c1.c1ccc2c(-n3c4ccccc4c4ccccc43)cccc2c1.c1ccc2c(c1)cc(-n1c3ccccc3c3ccccc31)c1ccccc12. The Morgan fingerprint density at radius 2 is 0.326 bits per heavy atom. The molecule has 0 saturated heterocycles. The Kier molecular flexibility index (Phi) is 38.6. The molecule has 0 spiro atoms. The minimum Gasteiger partial charge on any atom is -0.309 e. The van der Waals surface area contributed by atoms with E-state index in [4.69, 9.17) is 0 Å². The number of aromatic nitrogens is 5. The molecule has 0 amide bonds. The van der Waals surface area contributed by atoms with E-state index in [0.717, 1.165) is 0 Å². The highest BCUT2D eigenvalue weighted by Crippen LogP contribution is 2.43. The third-order valence-electron chi connectivity index (χ3n) is 24.1. The molecular weight excluding hydrogens is 1700 g/mol. The summed E-state index contributed by atoms with van der Waals surface area (Å²) >= 11 is 0. The van der Waals surface area contributed by atoms with Crippen molar-refractivity contribution >= 4 is 163 Å². The zero-order valence-electron chi connectivity index (χ0n) is 86.3. The Bertz CT molecular complexity index is 8060. The van der Waals surface area contributed by atoms with Crippen LogP contribution < -0.4 is 0 Å². The molecule has 0 atom stereocenters. The van der Waals surface area contributed by atoms with Gasteiger partial charge in [0.1, 0.15) is 0 Å². The first-order chi connectivity index (χ1) is 70.1. The second kappa shape index (κ2) is 52.5. The van der Waals surface area contributed by atoms with E-state index in [1.165, 1.54) is 202 Å². The van der Waals surface area contributed by atoms with Crippen molar-refractivity contribution in [2.75, 3.05) is 0 Å². The summed E-state index contributed by atoms with van der Waals surface area (Å²) in [5.74, 6) is 0. The molecule has 5 heteroatoms. The number of para-hydroxylation sites is 11. The van der Waals surface area contributed by atoms with Crippen LogP contribution in [0.3, 0.4) is 0 Å². The summed E-state index contributed by atoms with van der Waals surface area (Å²) in [6, 6.07) is 171. The first-order valence-corrected chi connectivity index (χ1v) is 51.6. The van der Waals surface area contributed by atoms with E-state index in [1.54, 1.807) is 0 Å². The normalized spacial score (nSPS) is 10.3. The van der Waals surface area contributed by atoms with Crippen LogP contribution in [0.1, 0.15) is 138 Å². The van der Waals surface area contributed by atoms with Crippen molar-refractivity contribution in [2.45, 2.75) is 138 Å². The van der Waals surface area contributed by atoms with Gasteiger partial charge in [0.15, 0.2) is 0 Å². The monoisotopic (exact) mass is 1840 g/mol. The van der Waals surface area contributed by atoms with E-state index in [-0.39, 0.29) is 0 Å². The quantitative estimate of drug-likeness (QED) is 0.117. The lowest BCUT2D eigenvalue weighted by Gasteiger charge is -2.15. The fraction of sp³-hybridized carbons (Fsp3) is 0.147. The maximum absolute atomic E-state index is 2.44. The van der Waals surface area contributed by atoms with Crippen molar-refractivity contribution in [1.29, 1.82) is 0 Å². The van der Waals surface area contributed by atoms with Gasteiger partial charge in [-0.25, -0.2) is 0 Å². The third kappa shape index (κ3) is 21.5. The third-order valence-corrected chi connectivity index (χ3v) is 24.1. The topological polar surface area (TPSA) is 24.6 Å². The largest absolute Gasteiger partial charge is 0.309 e. The molecular formula is C136H139N5. The molecule has 26 rings (SSSR count). The lowest BCUT2D eigenvalue weighted by molar-refractivity contribution is 1.18. The molecule has 0 radical (unpaired) electrons. The smallest absolute Gasteiger partial charge is 0.0618 e. The molecule has 5 aromatic heterocycles. The maximum Gasteiger partial charge on any atom is 0.0618 e. The van der Waals surface area contributed by atoms with Gasteiger partial charge in [-0.2, -0.15) is 0 Å². The van der Waals surface area contributed by atoms with Crippen LogP contribution in [-0.4, -0.2) is 22.8 Å². The van der Waals surface area contributed by atoms with E-state index >= 15 is 0 Å². The standard InChI is InChI=1S/2C26H17N.C24H17N.C22H15N.C18H13N.10C2H6/c1-3-11-20-18(9-1)17-19-10-2-4-12-21(19)26(20)27-24-15-7-5-13-22(24)23-14-6-8-16-25(23)27;1-2-10-19-18(9-1)17-26(21-12-4-3-11-20(19)21)27-24-15-7-5-13-22(24)23-14-6-8-16-25(23)27;1-2-8-18(9-3-1)19-14-16-20(17-15-19)25-23-12-6-4-10-21(23)22-11-5-7-13-24(22)25;1-2-10-17-16(8-1)9-7-15-20(17)23-21-13-5-3-11-18(21)19-12-4-6-14-22(19)23;1-2-8-14(9-3-1)19-17-12-6-4-10-15(17)16-11-5-7-13-18(16)19;10*1-2/h2*1-17H;1-17H;1-15H;1-13H;10*1-2H3. The molecule has 708 valence electrons. The van der Waals surface area contributed by atoms with Gasteiger partial charge in [0.2, 0.25) is 0 Å². The van der Waals surface area contributed by atoms with Crippen LogP contribution >= 0.6 is 0 Å². The van der Waals surface area contributed by atoms with Crippen molar-refractivity contribution in [3.63, 3.8) is 0 Å². The van der Waals surface area contributed by atoms with Crippen molar-refractivity contribution in [3.8, 4) is 39.6 Å². The molecule has 26 aromatic rings. The second-order valence-corrected chi connectivity index (χ2v) is 30.9. The molecule has 0 aliphatic rings. The first-order valence-electron chi connectivity index (χ1n) is 51.6. The summed E-state index contributed by atoms with van der Waals surface area (Å²) in [5, 5.41) is 25.8. The zero-order chi connectivity index (χ0) is 100.